The summed E-state index contributed by atoms with van der Waals surface area (Å²) in [6.45, 7) is 0.994. The number of nitrogens with zero attached hydrogens (tertiary/aromatic N) is 1. The molecule has 11 heteroatoms. The number of ether oxygens (including phenoxy) is 1. The van der Waals surface area contributed by atoms with Gasteiger partial charge >= 0.3 is 13.5 Å². The number of rotatable bonds is 4. The Morgan fingerprint density at radius 2 is 2.19 bits per heavy atom. The molecule has 1 aliphatic rings. The third kappa shape index (κ3) is 3.88. The number of phosphoric ester groups is 1. The summed E-state index contributed by atoms with van der Waals surface area (Å²) < 4.78 is 21.4. The predicted molar refractivity (Wildman–Crippen MR) is 68.6 cm³/mol. The van der Waals surface area contributed by atoms with E-state index in [9.17, 15) is 19.3 Å². The number of phosphoric acid groups is 1. The predicted octanol–water partition coefficient (Wildman–Crippen LogP) is -1.40. The summed E-state index contributed by atoms with van der Waals surface area (Å²) in [4.78, 5) is 42.3. The first-order chi connectivity index (χ1) is 9.67. The van der Waals surface area contributed by atoms with Crippen molar-refractivity contribution in [2.45, 2.75) is 31.8 Å². The minimum Gasteiger partial charge on any atom is -0.390 e. The van der Waals surface area contributed by atoms with Gasteiger partial charge in [-0.1, -0.05) is 0 Å². The van der Waals surface area contributed by atoms with Gasteiger partial charge in [-0.25, -0.2) is 9.36 Å². The molecule has 10 nitrogen and oxygen atoms in total. The lowest BCUT2D eigenvalue weighted by Crippen LogP contribution is -2.33. The molecule has 21 heavy (non-hydrogen) atoms. The van der Waals surface area contributed by atoms with E-state index in [0.29, 0.717) is 5.56 Å². The molecule has 2 heterocycles. The van der Waals surface area contributed by atoms with Crippen molar-refractivity contribution >= 4 is 7.82 Å². The van der Waals surface area contributed by atoms with Crippen LogP contribution in [0.3, 0.4) is 0 Å². The van der Waals surface area contributed by atoms with Gasteiger partial charge in [0.2, 0.25) is 0 Å². The SMILES string of the molecule is Cc1c[15n]([C@H]2C[C@@H](O)[C@@H](COP(=O)(O)O)O2)c(=O)[15nH]c1=O. The Labute approximate surface area is 118 Å². The molecule has 4 N–H and O–H groups in total. The van der Waals surface area contributed by atoms with E-state index < -0.39 is 44.1 Å². The van der Waals surface area contributed by atoms with Crippen molar-refractivity contribution in [3.63, 3.8) is 0 Å². The maximum atomic E-state index is 11.7. The molecule has 0 aromatic carbocycles. The van der Waals surface area contributed by atoms with Gasteiger partial charge in [-0.05, 0) is 6.92 Å². The molecule has 1 saturated heterocycles. The highest BCUT2D eigenvalue weighted by atomic mass is 31.2. The highest BCUT2D eigenvalue weighted by Crippen LogP contribution is 2.38. The molecule has 3 atom stereocenters. The van der Waals surface area contributed by atoms with E-state index >= 15 is 0 Å². The summed E-state index contributed by atoms with van der Waals surface area (Å²) in [6.07, 6.45) is -1.57. The number of H-pyrrole nitrogens is 1. The van der Waals surface area contributed by atoms with E-state index in [0.717, 1.165) is 4.57 Å². The van der Waals surface area contributed by atoms with Crippen LogP contribution in [0, 0.1) is 6.92 Å². The Morgan fingerprint density at radius 3 is 2.81 bits per heavy atom. The molecule has 0 radical (unpaired) electrons. The van der Waals surface area contributed by atoms with Crippen molar-refractivity contribution in [3.8, 4) is 0 Å². The number of nitrogens with one attached hydrogen (secondary N) is 1. The fourth-order valence-electron chi connectivity index (χ4n) is 2.01. The van der Waals surface area contributed by atoms with Gasteiger partial charge in [0.05, 0.1) is 12.7 Å². The van der Waals surface area contributed by atoms with E-state index in [2.05, 4.69) is 9.51 Å². The average molecular weight is 324 g/mol. The van der Waals surface area contributed by atoms with E-state index in [1.54, 1.807) is 0 Å². The van der Waals surface area contributed by atoms with Crippen LogP contribution in [-0.4, -0.2) is 43.3 Å². The van der Waals surface area contributed by atoms with E-state index in [1.807, 2.05) is 0 Å². The molecule has 0 aliphatic carbocycles. The van der Waals surface area contributed by atoms with Crippen LogP contribution in [0.25, 0.3) is 0 Å². The molecule has 1 aromatic rings. The van der Waals surface area contributed by atoms with Crippen molar-refractivity contribution < 1.29 is 28.7 Å². The third-order valence-electron chi connectivity index (χ3n) is 3.07. The molecule has 1 fully saturated rings. The zero-order chi connectivity index (χ0) is 15.8. The van der Waals surface area contributed by atoms with E-state index in [4.69, 9.17) is 14.5 Å². The molecule has 1 aliphatic heterocycles. The summed E-state index contributed by atoms with van der Waals surface area (Å²) in [7, 11) is -4.67. The topological polar surface area (TPSA) is 151 Å². The molecule has 118 valence electrons. The van der Waals surface area contributed by atoms with Crippen molar-refractivity contribution in [2.24, 2.45) is 0 Å². The Hall–Kier alpha value is -1.29. The van der Waals surface area contributed by atoms with Gasteiger partial charge in [-0.2, -0.15) is 0 Å². The number of hydrogen-bond acceptors (Lipinski definition) is 6. The number of aliphatic hydroxyl groups excluding tert-OH is 1. The number of hydrogen-bond donors (Lipinski definition) is 4. The monoisotopic (exact) mass is 324 g/mol. The first-order valence-electron chi connectivity index (χ1n) is 6.03. The lowest BCUT2D eigenvalue weighted by Gasteiger charge is -2.16. The highest BCUT2D eigenvalue weighted by Gasteiger charge is 2.37. The van der Waals surface area contributed by atoms with Gasteiger partial charge in [0.15, 0.2) is 0 Å². The second-order valence-corrected chi connectivity index (χ2v) is 5.94. The largest absolute Gasteiger partial charge is 0.469 e. The van der Waals surface area contributed by atoms with Gasteiger partial charge in [0.1, 0.15) is 12.3 Å². The molecule has 0 bridgehead atoms. The van der Waals surface area contributed by atoms with Crippen LogP contribution >= 0.6 is 7.82 Å². The summed E-state index contributed by atoms with van der Waals surface area (Å²) in [6, 6.07) is 0. The maximum absolute atomic E-state index is 11.7. The molecule has 0 unspecified atom stereocenters. The molecule has 0 spiro atoms. The normalized spacial score (nSPS) is 26.2. The van der Waals surface area contributed by atoms with Crippen LogP contribution in [0.1, 0.15) is 18.2 Å². The van der Waals surface area contributed by atoms with Crippen LogP contribution in [0.4, 0.5) is 0 Å². The number of aliphatic hydroxyl groups is 1. The quantitative estimate of drug-likeness (QED) is 0.494. The fraction of sp³-hybridized carbons (Fsp3) is 0.600. The van der Waals surface area contributed by atoms with Crippen molar-refractivity contribution in [1.29, 1.82) is 0 Å². The van der Waals surface area contributed by atoms with Gasteiger partial charge in [0, 0.05) is 18.2 Å². The molecule has 0 amide bonds. The lowest BCUT2D eigenvalue weighted by atomic mass is 10.2. The van der Waals surface area contributed by atoms with Gasteiger partial charge < -0.3 is 19.6 Å². The molecule has 1 aromatic heterocycles. The molecular formula is C10H15N2O8P. The number of aromatic nitrogens is 2. The first-order valence-corrected chi connectivity index (χ1v) is 7.56. The lowest BCUT2D eigenvalue weighted by molar-refractivity contribution is -0.0451. The summed E-state index contributed by atoms with van der Waals surface area (Å²) in [5, 5.41) is 9.79. The summed E-state index contributed by atoms with van der Waals surface area (Å²) >= 11 is 0. The van der Waals surface area contributed by atoms with Gasteiger partial charge in [0.25, 0.3) is 5.56 Å². The van der Waals surface area contributed by atoms with Crippen LogP contribution in [-0.2, 0) is 13.8 Å². The summed E-state index contributed by atoms with van der Waals surface area (Å²) in [5.74, 6) is 0. The van der Waals surface area contributed by atoms with E-state index in [1.165, 1.54) is 13.1 Å². The van der Waals surface area contributed by atoms with Crippen molar-refractivity contribution in [2.75, 3.05) is 6.61 Å². The van der Waals surface area contributed by atoms with Crippen LogP contribution in [0.2, 0.25) is 0 Å². The first kappa shape index (κ1) is 16.1. The highest BCUT2D eigenvalue weighted by molar-refractivity contribution is 7.46. The second kappa shape index (κ2) is 5.84. The van der Waals surface area contributed by atoms with Crippen LogP contribution in [0.5, 0.6) is 0 Å². The minimum atomic E-state index is -4.67. The summed E-state index contributed by atoms with van der Waals surface area (Å²) in [5.41, 5.74) is -0.918. The molecular weight excluding hydrogens is 309 g/mol. The Balaban J connectivity index is 2.14. The van der Waals surface area contributed by atoms with Gasteiger partial charge in [-0.15, -0.1) is 0 Å². The van der Waals surface area contributed by atoms with Crippen molar-refractivity contribution in [1.82, 2.24) is 9.55 Å². The van der Waals surface area contributed by atoms with Crippen LogP contribution < -0.4 is 11.2 Å². The van der Waals surface area contributed by atoms with Crippen molar-refractivity contribution in [3.05, 3.63) is 32.6 Å². The zero-order valence-corrected chi connectivity index (χ0v) is 11.9. The fourth-order valence-corrected chi connectivity index (χ4v) is 2.35. The molecule has 0 saturated carbocycles. The average Bonchev–Trinajstić information content (AvgIpc) is 2.72. The smallest absolute Gasteiger partial charge is 0.390 e. The number of aromatic amines is 1. The Morgan fingerprint density at radius 1 is 1.52 bits per heavy atom. The minimum absolute atomic E-state index is 0.0283. The second-order valence-electron chi connectivity index (χ2n) is 4.70. The standard InChI is InChI=1S/C10H15N2O8P/c1-5-3-12(10(15)11-9(5)14)8-2-6(13)7(20-8)4-19-21(16,17)18/h3,6-8,13H,2,4H2,1H3,(H,11,14,15)(H2,16,17,18)/t6-,7-,8-/m1/s1/i11+1,12+1. The van der Waals surface area contributed by atoms with Crippen LogP contribution in [0.15, 0.2) is 15.8 Å². The van der Waals surface area contributed by atoms with E-state index in [-0.39, 0.29) is 6.42 Å². The van der Waals surface area contributed by atoms with Gasteiger partial charge in [-0.3, -0.25) is 18.9 Å². The number of aryl methyl sites for hydroxylation is 1. The third-order valence-corrected chi connectivity index (χ3v) is 3.55. The Bertz CT molecular complexity index is 676. The molecule has 2 rings (SSSR count). The zero-order valence-electron chi connectivity index (χ0n) is 11.0. The Kier molecular flexibility index (Phi) is 4.47. The maximum Gasteiger partial charge on any atom is 0.469 e.